The number of unbranched alkanes of at least 4 members (excludes halogenated alkanes) is 14. The van der Waals surface area contributed by atoms with Crippen molar-refractivity contribution in [2.24, 2.45) is 29.1 Å². The molecule has 3 saturated carbocycles. The molecular formula is C46H84O10. The molecule has 0 aromatic carbocycles. The Morgan fingerprint density at radius 3 is 1.45 bits per heavy atom. The van der Waals surface area contributed by atoms with E-state index >= 15 is 0 Å². The lowest BCUT2D eigenvalue weighted by Gasteiger charge is -2.37. The number of aliphatic hydroxyl groups is 6. The second-order valence-electron chi connectivity index (χ2n) is 18.1. The van der Waals surface area contributed by atoms with E-state index in [9.17, 15) is 30.0 Å². The molecule has 3 aliphatic carbocycles. The van der Waals surface area contributed by atoms with Crippen LogP contribution in [-0.2, 0) is 19.1 Å². The summed E-state index contributed by atoms with van der Waals surface area (Å²) >= 11 is 0. The van der Waals surface area contributed by atoms with Crippen molar-refractivity contribution in [2.75, 3.05) is 26.4 Å². The normalized spacial score (nSPS) is 24.9. The molecule has 9 unspecified atom stereocenters. The van der Waals surface area contributed by atoms with E-state index < -0.39 is 24.4 Å². The van der Waals surface area contributed by atoms with Crippen molar-refractivity contribution < 1.29 is 49.7 Å². The molecule has 0 heterocycles. The first-order chi connectivity index (χ1) is 27.2. The number of hydrogen-bond acceptors (Lipinski definition) is 10. The quantitative estimate of drug-likeness (QED) is 0.0269. The van der Waals surface area contributed by atoms with Crippen molar-refractivity contribution in [2.45, 2.75) is 223 Å². The number of carbonyl (C=O) groups is 2. The van der Waals surface area contributed by atoms with Crippen LogP contribution in [0.4, 0.5) is 0 Å². The molecule has 3 aliphatic rings. The predicted molar refractivity (Wildman–Crippen MR) is 220 cm³/mol. The van der Waals surface area contributed by atoms with Gasteiger partial charge in [0, 0.05) is 26.1 Å². The number of rotatable bonds is 36. The molecule has 2 bridgehead atoms. The smallest absolute Gasteiger partial charge is 0.305 e. The Balaban J connectivity index is 1.16. The zero-order valence-electron chi connectivity index (χ0n) is 35.2. The third kappa shape index (κ3) is 18.3. The van der Waals surface area contributed by atoms with Gasteiger partial charge in [-0.1, -0.05) is 89.9 Å². The molecule has 328 valence electrons. The summed E-state index contributed by atoms with van der Waals surface area (Å²) < 4.78 is 11.5. The highest BCUT2D eigenvalue weighted by Crippen LogP contribution is 2.68. The SMILES string of the molecule is O=C(CCCCCCCC(O)C(O)CCCCCCO)OCCC1CCC2C1C1CCC2(CCOC(=O)CCCCCCCC(O)C(O)CCCCCCO)C1. The highest BCUT2D eigenvalue weighted by Gasteiger charge is 2.60. The first-order valence-corrected chi connectivity index (χ1v) is 23.5. The lowest BCUT2D eigenvalue weighted by atomic mass is 9.68. The topological polar surface area (TPSA) is 174 Å². The van der Waals surface area contributed by atoms with Gasteiger partial charge in [0.15, 0.2) is 0 Å². The fourth-order valence-corrected chi connectivity index (χ4v) is 10.7. The van der Waals surface area contributed by atoms with Crippen molar-refractivity contribution in [1.82, 2.24) is 0 Å². The molecular weight excluding hydrogens is 712 g/mol. The van der Waals surface area contributed by atoms with Gasteiger partial charge in [-0.05, 0) is 125 Å². The maximum Gasteiger partial charge on any atom is 0.305 e. The van der Waals surface area contributed by atoms with Crippen LogP contribution in [0.1, 0.15) is 199 Å². The summed E-state index contributed by atoms with van der Waals surface area (Å²) in [5.41, 5.74) is 0.317. The Kier molecular flexibility index (Phi) is 25.4. The molecule has 6 N–H and O–H groups in total. The number of aliphatic hydroxyl groups excluding tert-OH is 6. The molecule has 3 fully saturated rings. The van der Waals surface area contributed by atoms with Crippen LogP contribution in [-0.4, -0.2) is 93.4 Å². The fraction of sp³-hybridized carbons (Fsp3) is 0.957. The maximum absolute atomic E-state index is 12.5. The third-order valence-electron chi connectivity index (χ3n) is 14.0. The van der Waals surface area contributed by atoms with Gasteiger partial charge in [-0.2, -0.15) is 0 Å². The summed E-state index contributed by atoms with van der Waals surface area (Å²) in [6.07, 6.45) is 25.5. The standard InChI is InChI=1S/C46H84O10/c47-31-17-9-7-13-21-41(51)39(49)19-11-3-1-5-15-23-43(53)55-33-28-36-25-26-38-45(36)37-27-29-46(38,35-37)30-34-56-44(54)24-16-6-2-4-12-20-40(50)42(52)22-14-8-10-18-32-48/h36-42,45,47-52H,1-35H2. The zero-order valence-corrected chi connectivity index (χ0v) is 35.2. The van der Waals surface area contributed by atoms with E-state index in [1.54, 1.807) is 0 Å². The van der Waals surface area contributed by atoms with Gasteiger partial charge in [0.1, 0.15) is 0 Å². The minimum atomic E-state index is -0.670. The van der Waals surface area contributed by atoms with Crippen LogP contribution in [0.3, 0.4) is 0 Å². The molecule has 9 atom stereocenters. The summed E-state index contributed by atoms with van der Waals surface area (Å²) in [6, 6.07) is 0. The van der Waals surface area contributed by atoms with Gasteiger partial charge in [-0.3, -0.25) is 9.59 Å². The summed E-state index contributed by atoms with van der Waals surface area (Å²) in [5.74, 6) is 2.65. The monoisotopic (exact) mass is 797 g/mol. The highest BCUT2D eigenvalue weighted by atomic mass is 16.5. The van der Waals surface area contributed by atoms with E-state index in [2.05, 4.69) is 0 Å². The van der Waals surface area contributed by atoms with Crippen molar-refractivity contribution in [1.29, 1.82) is 0 Å². The van der Waals surface area contributed by atoms with Gasteiger partial charge >= 0.3 is 11.9 Å². The first-order valence-electron chi connectivity index (χ1n) is 23.5. The van der Waals surface area contributed by atoms with E-state index in [1.165, 1.54) is 32.1 Å². The Bertz CT molecular complexity index is 1030. The number of fused-ring (bicyclic) bond motifs is 5. The summed E-state index contributed by atoms with van der Waals surface area (Å²) in [6.45, 7) is 1.47. The van der Waals surface area contributed by atoms with Crippen LogP contribution in [0.5, 0.6) is 0 Å². The van der Waals surface area contributed by atoms with E-state index in [1.807, 2.05) is 0 Å². The van der Waals surface area contributed by atoms with Crippen LogP contribution < -0.4 is 0 Å². The lowest BCUT2D eigenvalue weighted by molar-refractivity contribution is -0.145. The van der Waals surface area contributed by atoms with Crippen LogP contribution >= 0.6 is 0 Å². The van der Waals surface area contributed by atoms with Gasteiger partial charge in [0.2, 0.25) is 0 Å². The number of esters is 2. The Hall–Kier alpha value is -1.30. The zero-order chi connectivity index (χ0) is 40.4. The molecule has 3 rings (SSSR count). The van der Waals surface area contributed by atoms with Gasteiger partial charge in [0.05, 0.1) is 37.6 Å². The number of hydrogen-bond donors (Lipinski definition) is 6. The van der Waals surface area contributed by atoms with Gasteiger partial charge in [-0.25, -0.2) is 0 Å². The molecule has 0 aliphatic heterocycles. The molecule has 10 heteroatoms. The minimum absolute atomic E-state index is 0.0849. The molecule has 10 nitrogen and oxygen atoms in total. The van der Waals surface area contributed by atoms with E-state index in [0.29, 0.717) is 69.0 Å². The number of ether oxygens (including phenoxy) is 2. The van der Waals surface area contributed by atoms with Crippen LogP contribution in [0.2, 0.25) is 0 Å². The molecule has 0 radical (unpaired) electrons. The molecule has 56 heavy (non-hydrogen) atoms. The van der Waals surface area contributed by atoms with Crippen LogP contribution in [0.25, 0.3) is 0 Å². The molecule has 0 saturated heterocycles. The Morgan fingerprint density at radius 1 is 0.536 bits per heavy atom. The fourth-order valence-electron chi connectivity index (χ4n) is 10.7. The Morgan fingerprint density at radius 2 is 0.964 bits per heavy atom. The Labute approximate surface area is 339 Å². The van der Waals surface area contributed by atoms with Gasteiger partial charge in [0.25, 0.3) is 0 Å². The summed E-state index contributed by atoms with van der Waals surface area (Å²) in [4.78, 5) is 25.0. The van der Waals surface area contributed by atoms with Gasteiger partial charge < -0.3 is 40.1 Å². The molecule has 0 aromatic rings. The predicted octanol–water partition coefficient (Wildman–Crippen LogP) is 8.09. The van der Waals surface area contributed by atoms with E-state index in [0.717, 1.165) is 140 Å². The molecule has 0 spiro atoms. The minimum Gasteiger partial charge on any atom is -0.466 e. The van der Waals surface area contributed by atoms with Gasteiger partial charge in [-0.15, -0.1) is 0 Å². The van der Waals surface area contributed by atoms with Crippen LogP contribution in [0, 0.1) is 29.1 Å². The number of carbonyl (C=O) groups excluding carboxylic acids is 2. The summed E-state index contributed by atoms with van der Waals surface area (Å²) in [5, 5.41) is 58.4. The average Bonchev–Trinajstić information content (AvgIpc) is 3.90. The largest absolute Gasteiger partial charge is 0.466 e. The average molecular weight is 797 g/mol. The molecule has 0 amide bonds. The van der Waals surface area contributed by atoms with E-state index in [-0.39, 0.29) is 25.2 Å². The second-order valence-corrected chi connectivity index (χ2v) is 18.1. The van der Waals surface area contributed by atoms with Crippen molar-refractivity contribution in [3.8, 4) is 0 Å². The van der Waals surface area contributed by atoms with Crippen molar-refractivity contribution >= 4 is 11.9 Å². The summed E-state index contributed by atoms with van der Waals surface area (Å²) in [7, 11) is 0. The third-order valence-corrected chi connectivity index (χ3v) is 14.0. The van der Waals surface area contributed by atoms with Crippen molar-refractivity contribution in [3.63, 3.8) is 0 Å². The maximum atomic E-state index is 12.5. The molecule has 0 aromatic heterocycles. The first kappa shape index (κ1) is 49.1. The van der Waals surface area contributed by atoms with Crippen LogP contribution in [0.15, 0.2) is 0 Å². The second kappa shape index (κ2) is 29.0. The van der Waals surface area contributed by atoms with Crippen molar-refractivity contribution in [3.05, 3.63) is 0 Å². The highest BCUT2D eigenvalue weighted by molar-refractivity contribution is 5.69. The van der Waals surface area contributed by atoms with E-state index in [4.69, 9.17) is 19.7 Å². The lowest BCUT2D eigenvalue weighted by Crippen LogP contribution is -2.31.